The first-order valence-corrected chi connectivity index (χ1v) is 26.3. The zero-order valence-corrected chi connectivity index (χ0v) is 43.7. The number of hydrogen-bond donors (Lipinski definition) is 2. The van der Waals surface area contributed by atoms with E-state index in [2.05, 4.69) is 218 Å². The summed E-state index contributed by atoms with van der Waals surface area (Å²) in [6.07, 6.45) is 0. The average Bonchev–Trinajstić information content (AvgIpc) is 3.51. The molecule has 0 spiro atoms. The van der Waals surface area contributed by atoms with Gasteiger partial charge in [-0.15, -0.1) is 0 Å². The van der Waals surface area contributed by atoms with Crippen molar-refractivity contribution in [1.29, 1.82) is 0 Å². The molecule has 0 bridgehead atoms. The normalized spacial score (nSPS) is 10.6. The Hall–Kier alpha value is -8.80. The molecule has 0 amide bonds. The van der Waals surface area contributed by atoms with Crippen LogP contribution in [0.25, 0.3) is 100 Å². The fourth-order valence-electron chi connectivity index (χ4n) is 9.33. The van der Waals surface area contributed by atoms with Gasteiger partial charge in [0.25, 0.3) is 0 Å². The average molecular weight is 1030 g/mol. The van der Waals surface area contributed by atoms with E-state index >= 15 is 0 Å². The first-order chi connectivity index (χ1) is 37.8. The maximum Gasteiger partial charge on any atom is 0.488 e. The van der Waals surface area contributed by atoms with Crippen LogP contribution in [0.1, 0.15) is 0 Å². The van der Waals surface area contributed by atoms with Crippen LogP contribution in [0.2, 0.25) is 10.0 Å². The number of halogens is 2. The first kappa shape index (κ1) is 51.7. The molecule has 0 heterocycles. The van der Waals surface area contributed by atoms with E-state index in [0.717, 1.165) is 43.4 Å². The van der Waals surface area contributed by atoms with Crippen molar-refractivity contribution in [2.24, 2.45) is 0 Å². The molecule has 0 aliphatic rings. The topological polar surface area (TPSA) is 40.5 Å². The van der Waals surface area contributed by atoms with Crippen LogP contribution >= 0.6 is 23.2 Å². The van der Waals surface area contributed by atoms with Gasteiger partial charge < -0.3 is 10.0 Å². The van der Waals surface area contributed by atoms with Crippen LogP contribution in [0, 0.1) is 0 Å². The van der Waals surface area contributed by atoms with Crippen LogP contribution in [0.3, 0.4) is 0 Å². The van der Waals surface area contributed by atoms with Gasteiger partial charge >= 0.3 is 7.12 Å². The van der Waals surface area contributed by atoms with Crippen molar-refractivity contribution in [3.05, 3.63) is 319 Å². The third-order valence-electron chi connectivity index (χ3n) is 13.4. The third-order valence-corrected chi connectivity index (χ3v) is 13.8. The summed E-state index contributed by atoms with van der Waals surface area (Å²) in [6.45, 7) is 0. The molecule has 0 saturated carbocycles. The number of hydrogen-bond acceptors (Lipinski definition) is 2. The molecule has 370 valence electrons. The van der Waals surface area contributed by atoms with E-state index in [4.69, 9.17) is 33.2 Å². The largest absolute Gasteiger partial charge is 0.488 e. The van der Waals surface area contributed by atoms with E-state index < -0.39 is 7.12 Å². The predicted molar refractivity (Wildman–Crippen MR) is 328 cm³/mol. The molecule has 0 aliphatic heterocycles. The highest BCUT2D eigenvalue weighted by atomic mass is 35.5. The van der Waals surface area contributed by atoms with Gasteiger partial charge in [-0.3, -0.25) is 0 Å². The summed E-state index contributed by atoms with van der Waals surface area (Å²) in [5.74, 6) is 0. The van der Waals surface area contributed by atoms with Gasteiger partial charge in [0.05, 0.1) is 0 Å². The van der Waals surface area contributed by atoms with Gasteiger partial charge in [0, 0.05) is 10.0 Å². The second-order valence-electron chi connectivity index (χ2n) is 18.6. The Kier molecular flexibility index (Phi) is 16.9. The molecule has 0 radical (unpaired) electrons. The fraction of sp³-hybridized carbons (Fsp3) is 0. The van der Waals surface area contributed by atoms with E-state index in [1.807, 2.05) is 78.9 Å². The maximum atomic E-state index is 9.05. The minimum absolute atomic E-state index is 0.511. The standard InChI is InChI=1S/C42H30.C18H12Cl2.C12H11BO2/c1-3-11-31(12-4-1)35-15-7-19-39(27-35)41-21-9-17-37(29-41)33-23-25-34(26-24-33)38-18-10-22-42(30-38)40-20-8-16-36(28-40)32-13-5-2-6-14-32;19-17-5-1-3-15(11-17)13-7-9-14(10-8-13)16-4-2-6-18(20)12-16;14-13(15)12-8-4-7-11(9-12)10-5-2-1-3-6-10/h1-30H;1-12H;1-9,14-15H. The first-order valence-electron chi connectivity index (χ1n) is 25.6. The Morgan fingerprint density at radius 1 is 0.182 bits per heavy atom. The van der Waals surface area contributed by atoms with E-state index in [1.165, 1.54) is 66.8 Å². The molecule has 12 aromatic carbocycles. The molecule has 12 aromatic rings. The minimum Gasteiger partial charge on any atom is -0.423 e. The molecule has 0 aliphatic carbocycles. The number of rotatable bonds is 10. The van der Waals surface area contributed by atoms with Crippen molar-refractivity contribution < 1.29 is 10.0 Å². The van der Waals surface area contributed by atoms with Gasteiger partial charge in [0.1, 0.15) is 0 Å². The molecule has 5 heteroatoms. The summed E-state index contributed by atoms with van der Waals surface area (Å²) >= 11 is 12.0. The lowest BCUT2D eigenvalue weighted by Gasteiger charge is -2.10. The van der Waals surface area contributed by atoms with Crippen LogP contribution in [0.15, 0.2) is 309 Å². The highest BCUT2D eigenvalue weighted by Gasteiger charge is 2.12. The second kappa shape index (κ2) is 25.2. The van der Waals surface area contributed by atoms with Gasteiger partial charge in [-0.25, -0.2) is 0 Å². The highest BCUT2D eigenvalue weighted by Crippen LogP contribution is 2.34. The molecule has 77 heavy (non-hydrogen) atoms. The molecule has 0 unspecified atom stereocenters. The molecule has 0 atom stereocenters. The summed E-state index contributed by atoms with van der Waals surface area (Å²) in [6, 6.07) is 107. The Morgan fingerprint density at radius 2 is 0.377 bits per heavy atom. The highest BCUT2D eigenvalue weighted by molar-refractivity contribution is 6.58. The maximum absolute atomic E-state index is 9.05. The Balaban J connectivity index is 0.000000158. The lowest BCUT2D eigenvalue weighted by molar-refractivity contribution is 0.426. The zero-order chi connectivity index (χ0) is 52.8. The number of benzene rings is 12. The lowest BCUT2D eigenvalue weighted by atomic mass is 9.79. The van der Waals surface area contributed by atoms with Gasteiger partial charge in [0.15, 0.2) is 0 Å². The van der Waals surface area contributed by atoms with Crippen LogP contribution in [0.5, 0.6) is 0 Å². The Morgan fingerprint density at radius 3 is 0.636 bits per heavy atom. The van der Waals surface area contributed by atoms with Crippen LogP contribution in [-0.4, -0.2) is 17.2 Å². The molecule has 2 N–H and O–H groups in total. The monoisotopic (exact) mass is 1030 g/mol. The lowest BCUT2D eigenvalue weighted by Crippen LogP contribution is -2.29. The second-order valence-corrected chi connectivity index (χ2v) is 19.5. The van der Waals surface area contributed by atoms with Crippen molar-refractivity contribution >= 4 is 35.8 Å². The molecular formula is C72H53BCl2O2. The quantitative estimate of drug-likeness (QED) is 0.134. The predicted octanol–water partition coefficient (Wildman–Crippen LogP) is 19.0. The van der Waals surface area contributed by atoms with E-state index in [0.29, 0.717) is 5.46 Å². The van der Waals surface area contributed by atoms with Crippen LogP contribution < -0.4 is 5.46 Å². The molecule has 0 fully saturated rings. The van der Waals surface area contributed by atoms with Gasteiger partial charge in [-0.05, 0) is 154 Å². The van der Waals surface area contributed by atoms with Crippen molar-refractivity contribution in [3.8, 4) is 100 Å². The Bertz CT molecular complexity index is 3630. The van der Waals surface area contributed by atoms with E-state index in [9.17, 15) is 0 Å². The molecule has 12 rings (SSSR count). The fourth-order valence-corrected chi connectivity index (χ4v) is 9.71. The summed E-state index contributed by atoms with van der Waals surface area (Å²) in [5, 5.41) is 19.6. The SMILES string of the molecule is Clc1cccc(-c2ccc(-c3cccc(Cl)c3)cc2)c1.OB(O)c1cccc(-c2ccccc2)c1.c1ccc(-c2cccc(-c3cccc(-c4ccc(-c5cccc(-c6cccc(-c7ccccc7)c6)c5)cc4)c3)c2)cc1. The summed E-state index contributed by atoms with van der Waals surface area (Å²) < 4.78 is 0. The summed E-state index contributed by atoms with van der Waals surface area (Å²) in [5.41, 5.74) is 21.8. The molecular weight excluding hydrogens is 979 g/mol. The molecule has 2 nitrogen and oxygen atoms in total. The summed E-state index contributed by atoms with van der Waals surface area (Å²) in [4.78, 5) is 0. The molecule has 0 saturated heterocycles. The van der Waals surface area contributed by atoms with Crippen LogP contribution in [-0.2, 0) is 0 Å². The third kappa shape index (κ3) is 13.6. The van der Waals surface area contributed by atoms with E-state index in [1.54, 1.807) is 12.1 Å². The smallest absolute Gasteiger partial charge is 0.423 e. The minimum atomic E-state index is -1.41. The van der Waals surface area contributed by atoms with Crippen molar-refractivity contribution in [2.45, 2.75) is 0 Å². The summed E-state index contributed by atoms with van der Waals surface area (Å²) in [7, 11) is -1.41. The van der Waals surface area contributed by atoms with Crippen molar-refractivity contribution in [3.63, 3.8) is 0 Å². The molecule has 0 aromatic heterocycles. The van der Waals surface area contributed by atoms with Gasteiger partial charge in [-0.2, -0.15) is 0 Å². The van der Waals surface area contributed by atoms with Crippen LogP contribution in [0.4, 0.5) is 0 Å². The van der Waals surface area contributed by atoms with Crippen molar-refractivity contribution in [1.82, 2.24) is 0 Å². The van der Waals surface area contributed by atoms with E-state index in [-0.39, 0.29) is 0 Å². The Labute approximate surface area is 462 Å². The van der Waals surface area contributed by atoms with Gasteiger partial charge in [0.2, 0.25) is 0 Å². The zero-order valence-electron chi connectivity index (χ0n) is 42.2. The van der Waals surface area contributed by atoms with Gasteiger partial charge in [-0.1, -0.05) is 284 Å². The van der Waals surface area contributed by atoms with Crippen molar-refractivity contribution in [2.75, 3.05) is 0 Å².